The fourth-order valence-corrected chi connectivity index (χ4v) is 0.962. The van der Waals surface area contributed by atoms with Crippen LogP contribution in [0, 0.1) is 11.6 Å². The molecule has 1 rings (SSSR count). The van der Waals surface area contributed by atoms with Gasteiger partial charge in [-0.25, -0.2) is 8.78 Å². The van der Waals surface area contributed by atoms with E-state index >= 15 is 0 Å². The Labute approximate surface area is 75.3 Å². The number of carbonyl (C=O) groups excluding carboxylic acids is 1. The van der Waals surface area contributed by atoms with E-state index in [1.54, 1.807) is 0 Å². The molecule has 0 bridgehead atoms. The molecule has 5 heteroatoms. The van der Waals surface area contributed by atoms with Gasteiger partial charge in [0, 0.05) is 6.07 Å². The molecule has 0 saturated heterocycles. The molecule has 0 amide bonds. The number of rotatable bonds is 2. The summed E-state index contributed by atoms with van der Waals surface area (Å²) in [6.45, 7) is 0.0335. The van der Waals surface area contributed by atoms with Gasteiger partial charge in [0.1, 0.15) is 5.82 Å². The van der Waals surface area contributed by atoms with Gasteiger partial charge in [-0.05, 0) is 22.0 Å². The molecule has 64 valence electrons. The predicted octanol–water partition coefficient (Wildman–Crippen LogP) is 2.26. The van der Waals surface area contributed by atoms with Crippen molar-refractivity contribution < 1.29 is 18.3 Å². The topological polar surface area (TPSA) is 26.3 Å². The van der Waals surface area contributed by atoms with Crippen LogP contribution in [0.3, 0.4) is 0 Å². The molecule has 0 aliphatic carbocycles. The Morgan fingerprint density at radius 2 is 2.00 bits per heavy atom. The molecule has 0 aliphatic rings. The SMILES string of the molecule is O=COc1cc(F)c(Br)cc1F. The molecule has 0 unspecified atom stereocenters. The summed E-state index contributed by atoms with van der Waals surface area (Å²) in [6.07, 6.45) is 0. The van der Waals surface area contributed by atoms with Crippen molar-refractivity contribution in [3.63, 3.8) is 0 Å². The third-order valence-corrected chi connectivity index (χ3v) is 1.76. The second-order valence-corrected chi connectivity index (χ2v) is 2.77. The molecule has 0 atom stereocenters. The maximum atomic E-state index is 12.7. The molecule has 0 fully saturated rings. The molecule has 0 aromatic heterocycles. The number of ether oxygens (including phenoxy) is 1. The zero-order valence-electron chi connectivity index (χ0n) is 5.68. The zero-order valence-corrected chi connectivity index (χ0v) is 7.27. The Morgan fingerprint density at radius 1 is 1.33 bits per heavy atom. The van der Waals surface area contributed by atoms with Gasteiger partial charge in [0.2, 0.25) is 0 Å². The molecule has 0 saturated carbocycles. The maximum Gasteiger partial charge on any atom is 0.298 e. The van der Waals surface area contributed by atoms with E-state index < -0.39 is 17.4 Å². The quantitative estimate of drug-likeness (QED) is 0.582. The van der Waals surface area contributed by atoms with Crippen LogP contribution in [0.4, 0.5) is 8.78 Å². The van der Waals surface area contributed by atoms with Gasteiger partial charge in [-0.15, -0.1) is 0 Å². The lowest BCUT2D eigenvalue weighted by molar-refractivity contribution is -0.120. The van der Waals surface area contributed by atoms with Crippen molar-refractivity contribution >= 4 is 22.4 Å². The first kappa shape index (κ1) is 9.12. The molecule has 0 radical (unpaired) electrons. The highest BCUT2D eigenvalue weighted by atomic mass is 79.9. The van der Waals surface area contributed by atoms with Crippen LogP contribution >= 0.6 is 15.9 Å². The van der Waals surface area contributed by atoms with Crippen LogP contribution in [0.1, 0.15) is 0 Å². The average molecular weight is 237 g/mol. The third-order valence-electron chi connectivity index (χ3n) is 1.15. The Balaban J connectivity index is 3.13. The monoisotopic (exact) mass is 236 g/mol. The van der Waals surface area contributed by atoms with Gasteiger partial charge in [0.05, 0.1) is 4.47 Å². The lowest BCUT2D eigenvalue weighted by Gasteiger charge is -2.00. The van der Waals surface area contributed by atoms with Crippen LogP contribution in [0.2, 0.25) is 0 Å². The molecule has 12 heavy (non-hydrogen) atoms. The Hall–Kier alpha value is -0.970. The van der Waals surface area contributed by atoms with Crippen LogP contribution in [0.25, 0.3) is 0 Å². The lowest BCUT2D eigenvalue weighted by Crippen LogP contribution is -1.93. The highest BCUT2D eigenvalue weighted by Crippen LogP contribution is 2.24. The summed E-state index contributed by atoms with van der Waals surface area (Å²) in [7, 11) is 0. The van der Waals surface area contributed by atoms with E-state index in [1.165, 1.54) is 0 Å². The minimum absolute atomic E-state index is 0.0155. The Morgan fingerprint density at radius 3 is 2.58 bits per heavy atom. The molecule has 1 aromatic rings. The summed E-state index contributed by atoms with van der Waals surface area (Å²) in [6, 6.07) is 1.67. The smallest absolute Gasteiger partial charge is 0.298 e. The fraction of sp³-hybridized carbons (Fsp3) is 0. The summed E-state index contributed by atoms with van der Waals surface area (Å²) in [5, 5.41) is 0. The van der Waals surface area contributed by atoms with Crippen molar-refractivity contribution in [3.05, 3.63) is 28.2 Å². The molecule has 2 nitrogen and oxygen atoms in total. The second kappa shape index (κ2) is 3.62. The molecular formula is C7H3BrF2O2. The minimum atomic E-state index is -0.796. The van der Waals surface area contributed by atoms with E-state index in [1.807, 2.05) is 0 Å². The van der Waals surface area contributed by atoms with Crippen LogP contribution < -0.4 is 4.74 Å². The first-order chi connectivity index (χ1) is 5.65. The molecular weight excluding hydrogens is 234 g/mol. The number of hydrogen-bond donors (Lipinski definition) is 0. The van der Waals surface area contributed by atoms with Gasteiger partial charge in [-0.3, -0.25) is 4.79 Å². The van der Waals surface area contributed by atoms with Gasteiger partial charge in [0.25, 0.3) is 6.47 Å². The fourth-order valence-electron chi connectivity index (χ4n) is 0.646. The third kappa shape index (κ3) is 1.79. The van der Waals surface area contributed by atoms with Gasteiger partial charge in [-0.2, -0.15) is 0 Å². The van der Waals surface area contributed by atoms with E-state index in [2.05, 4.69) is 20.7 Å². The highest BCUT2D eigenvalue weighted by Gasteiger charge is 2.08. The number of carbonyl (C=O) groups is 1. The molecule has 0 spiro atoms. The summed E-state index contributed by atoms with van der Waals surface area (Å²) in [5.41, 5.74) is 0. The Bertz CT molecular complexity index is 315. The van der Waals surface area contributed by atoms with Crippen LogP contribution in [-0.2, 0) is 4.79 Å². The first-order valence-corrected chi connectivity index (χ1v) is 3.69. The molecule has 0 heterocycles. The van der Waals surface area contributed by atoms with Gasteiger partial charge in [-0.1, -0.05) is 0 Å². The largest absolute Gasteiger partial charge is 0.426 e. The second-order valence-electron chi connectivity index (χ2n) is 1.91. The van der Waals surface area contributed by atoms with Crippen molar-refractivity contribution in [2.24, 2.45) is 0 Å². The van der Waals surface area contributed by atoms with E-state index in [0.717, 1.165) is 12.1 Å². The molecule has 0 N–H and O–H groups in total. The van der Waals surface area contributed by atoms with Crippen molar-refractivity contribution in [1.29, 1.82) is 0 Å². The average Bonchev–Trinajstić information content (AvgIpc) is 2.01. The lowest BCUT2D eigenvalue weighted by atomic mass is 10.3. The summed E-state index contributed by atoms with van der Waals surface area (Å²) in [4.78, 5) is 9.80. The van der Waals surface area contributed by atoms with E-state index in [4.69, 9.17) is 0 Å². The van der Waals surface area contributed by atoms with Crippen molar-refractivity contribution in [1.82, 2.24) is 0 Å². The standard InChI is InChI=1S/C7H3BrF2O2/c8-4-1-6(10)7(12-3-11)2-5(4)9/h1-3H. The first-order valence-electron chi connectivity index (χ1n) is 2.90. The number of hydrogen-bond acceptors (Lipinski definition) is 2. The van der Waals surface area contributed by atoms with Crippen LogP contribution in [0.15, 0.2) is 16.6 Å². The van der Waals surface area contributed by atoms with E-state index in [-0.39, 0.29) is 10.9 Å². The number of halogens is 3. The number of benzene rings is 1. The summed E-state index contributed by atoms with van der Waals surface area (Å²) < 4.78 is 29.6. The highest BCUT2D eigenvalue weighted by molar-refractivity contribution is 9.10. The van der Waals surface area contributed by atoms with Crippen LogP contribution in [0.5, 0.6) is 5.75 Å². The normalized spacial score (nSPS) is 9.58. The van der Waals surface area contributed by atoms with E-state index in [0.29, 0.717) is 0 Å². The van der Waals surface area contributed by atoms with Crippen molar-refractivity contribution in [2.45, 2.75) is 0 Å². The van der Waals surface area contributed by atoms with Crippen molar-refractivity contribution in [2.75, 3.05) is 0 Å². The van der Waals surface area contributed by atoms with Gasteiger partial charge >= 0.3 is 0 Å². The minimum Gasteiger partial charge on any atom is -0.426 e. The van der Waals surface area contributed by atoms with Crippen LogP contribution in [-0.4, -0.2) is 6.47 Å². The molecule has 0 aliphatic heterocycles. The molecule has 1 aromatic carbocycles. The Kier molecular flexibility index (Phi) is 2.75. The van der Waals surface area contributed by atoms with Gasteiger partial charge < -0.3 is 4.74 Å². The summed E-state index contributed by atoms with van der Waals surface area (Å²) >= 11 is 2.77. The maximum absolute atomic E-state index is 12.7. The predicted molar refractivity (Wildman–Crippen MR) is 40.8 cm³/mol. The zero-order chi connectivity index (χ0) is 9.14. The van der Waals surface area contributed by atoms with E-state index in [9.17, 15) is 13.6 Å². The summed E-state index contributed by atoms with van der Waals surface area (Å²) in [5.74, 6) is -1.91. The van der Waals surface area contributed by atoms with Gasteiger partial charge in [0.15, 0.2) is 11.6 Å². The van der Waals surface area contributed by atoms with Crippen molar-refractivity contribution in [3.8, 4) is 5.75 Å².